The summed E-state index contributed by atoms with van der Waals surface area (Å²) in [4.78, 5) is 24.1. The molecule has 0 spiro atoms. The van der Waals surface area contributed by atoms with Gasteiger partial charge in [-0.1, -0.05) is 6.07 Å². The number of hydrogen-bond donors (Lipinski definition) is 1. The summed E-state index contributed by atoms with van der Waals surface area (Å²) in [6.45, 7) is 6.05. The average molecular weight is 358 g/mol. The highest BCUT2D eigenvalue weighted by molar-refractivity contribution is 7.09. The number of pyridine rings is 1. The zero-order valence-electron chi connectivity index (χ0n) is 14.3. The summed E-state index contributed by atoms with van der Waals surface area (Å²) < 4.78 is 5.67. The predicted octanol–water partition coefficient (Wildman–Crippen LogP) is 1.61. The Balaban J connectivity index is 1.42. The average Bonchev–Trinajstić information content (AvgIpc) is 3.28. The summed E-state index contributed by atoms with van der Waals surface area (Å²) >= 11 is 1.69. The third kappa shape index (κ3) is 3.31. The van der Waals surface area contributed by atoms with Gasteiger partial charge in [0.2, 0.25) is 5.91 Å². The van der Waals surface area contributed by atoms with Crippen LogP contribution in [0.3, 0.4) is 0 Å². The molecule has 4 rings (SSSR count). The van der Waals surface area contributed by atoms with Crippen LogP contribution in [-0.2, 0) is 22.6 Å². The van der Waals surface area contributed by atoms with E-state index in [0.29, 0.717) is 19.8 Å². The van der Waals surface area contributed by atoms with Crippen LogP contribution in [-0.4, -0.2) is 47.1 Å². The van der Waals surface area contributed by atoms with Crippen LogP contribution in [0, 0.1) is 18.3 Å². The number of fused-ring (bicyclic) bond motifs is 1. The number of ether oxygens (including phenoxy) is 1. The summed E-state index contributed by atoms with van der Waals surface area (Å²) in [7, 11) is 0. The SMILES string of the molecule is Cc1csc(CN2C[C@@H]3COC[C@]3(C(=O)NCc3ccccn3)C2)n1. The Morgan fingerprint density at radius 2 is 2.44 bits per heavy atom. The molecule has 0 aromatic carbocycles. The summed E-state index contributed by atoms with van der Waals surface area (Å²) in [5.41, 5.74) is 1.49. The third-order valence-corrected chi connectivity index (χ3v) is 6.03. The molecule has 0 aliphatic carbocycles. The largest absolute Gasteiger partial charge is 0.380 e. The van der Waals surface area contributed by atoms with E-state index < -0.39 is 5.41 Å². The molecule has 4 heterocycles. The van der Waals surface area contributed by atoms with E-state index in [4.69, 9.17) is 4.74 Å². The van der Waals surface area contributed by atoms with Gasteiger partial charge in [0.05, 0.1) is 37.4 Å². The first-order valence-corrected chi connectivity index (χ1v) is 9.43. The minimum absolute atomic E-state index is 0.0819. The highest BCUT2D eigenvalue weighted by Crippen LogP contribution is 2.42. The van der Waals surface area contributed by atoms with E-state index in [2.05, 4.69) is 25.6 Å². The molecule has 1 N–H and O–H groups in total. The van der Waals surface area contributed by atoms with E-state index in [1.54, 1.807) is 17.5 Å². The minimum atomic E-state index is -0.443. The Morgan fingerprint density at radius 3 is 3.20 bits per heavy atom. The van der Waals surface area contributed by atoms with E-state index in [1.165, 1.54) is 0 Å². The first-order valence-electron chi connectivity index (χ1n) is 8.55. The number of aryl methyl sites for hydroxylation is 1. The number of likely N-dealkylation sites (tertiary alicyclic amines) is 1. The van der Waals surface area contributed by atoms with E-state index in [1.807, 2.05) is 25.1 Å². The quantitative estimate of drug-likeness (QED) is 0.880. The molecule has 2 atom stereocenters. The van der Waals surface area contributed by atoms with Crippen molar-refractivity contribution in [3.05, 3.63) is 46.2 Å². The normalized spacial score (nSPS) is 25.9. The first kappa shape index (κ1) is 16.6. The monoisotopic (exact) mass is 358 g/mol. The molecule has 2 aromatic heterocycles. The highest BCUT2D eigenvalue weighted by atomic mass is 32.1. The minimum Gasteiger partial charge on any atom is -0.380 e. The Hall–Kier alpha value is -1.83. The number of amides is 1. The zero-order valence-corrected chi connectivity index (χ0v) is 15.1. The van der Waals surface area contributed by atoms with Gasteiger partial charge < -0.3 is 10.1 Å². The van der Waals surface area contributed by atoms with E-state index in [-0.39, 0.29) is 11.8 Å². The summed E-state index contributed by atoms with van der Waals surface area (Å²) in [6, 6.07) is 5.73. The molecule has 2 aliphatic heterocycles. The fourth-order valence-corrected chi connectivity index (χ4v) is 4.61. The molecule has 2 aromatic rings. The maximum atomic E-state index is 13.0. The maximum Gasteiger partial charge on any atom is 0.230 e. The van der Waals surface area contributed by atoms with Gasteiger partial charge in [0.25, 0.3) is 0 Å². The van der Waals surface area contributed by atoms with Gasteiger partial charge >= 0.3 is 0 Å². The molecule has 0 radical (unpaired) electrons. The van der Waals surface area contributed by atoms with Gasteiger partial charge in [-0.2, -0.15) is 0 Å². The van der Waals surface area contributed by atoms with Crippen LogP contribution in [0.5, 0.6) is 0 Å². The Morgan fingerprint density at radius 1 is 1.52 bits per heavy atom. The van der Waals surface area contributed by atoms with Crippen molar-refractivity contribution in [1.82, 2.24) is 20.2 Å². The van der Waals surface area contributed by atoms with E-state index >= 15 is 0 Å². The molecule has 25 heavy (non-hydrogen) atoms. The maximum absolute atomic E-state index is 13.0. The van der Waals surface area contributed by atoms with Crippen LogP contribution in [0.4, 0.5) is 0 Å². The van der Waals surface area contributed by atoms with Crippen LogP contribution in [0.25, 0.3) is 0 Å². The van der Waals surface area contributed by atoms with Crippen LogP contribution >= 0.6 is 11.3 Å². The lowest BCUT2D eigenvalue weighted by Gasteiger charge is -2.26. The molecule has 0 saturated carbocycles. The number of nitrogens with zero attached hydrogens (tertiary/aromatic N) is 3. The number of rotatable bonds is 5. The number of carbonyl (C=O) groups is 1. The summed E-state index contributed by atoms with van der Waals surface area (Å²) in [5, 5.41) is 6.26. The lowest BCUT2D eigenvalue weighted by atomic mass is 9.80. The van der Waals surface area contributed by atoms with Crippen molar-refractivity contribution in [2.24, 2.45) is 11.3 Å². The van der Waals surface area contributed by atoms with Gasteiger partial charge in [0.1, 0.15) is 5.01 Å². The van der Waals surface area contributed by atoms with Gasteiger partial charge in [-0.05, 0) is 19.1 Å². The van der Waals surface area contributed by atoms with Crippen molar-refractivity contribution in [2.75, 3.05) is 26.3 Å². The summed E-state index contributed by atoms with van der Waals surface area (Å²) in [5.74, 6) is 0.329. The lowest BCUT2D eigenvalue weighted by molar-refractivity contribution is -0.131. The topological polar surface area (TPSA) is 67.3 Å². The standard InChI is InChI=1S/C18H22N4O2S/c1-13-10-25-16(21-13)8-22-7-14-9-24-12-18(14,11-22)17(23)20-6-15-4-2-3-5-19-15/h2-5,10,14H,6-9,11-12H2,1H3,(H,20,23)/t14-,18-/m1/s1. The van der Waals surface area contributed by atoms with Crippen LogP contribution in [0.15, 0.2) is 29.8 Å². The van der Waals surface area contributed by atoms with Crippen molar-refractivity contribution in [2.45, 2.75) is 20.0 Å². The van der Waals surface area contributed by atoms with Gasteiger partial charge in [-0.3, -0.25) is 14.7 Å². The van der Waals surface area contributed by atoms with Crippen LogP contribution in [0.1, 0.15) is 16.4 Å². The Kier molecular flexibility index (Phi) is 4.54. The molecular formula is C18H22N4O2S. The molecule has 2 fully saturated rings. The second kappa shape index (κ2) is 6.82. The van der Waals surface area contributed by atoms with Crippen molar-refractivity contribution >= 4 is 17.2 Å². The van der Waals surface area contributed by atoms with Crippen LogP contribution in [0.2, 0.25) is 0 Å². The molecule has 132 valence electrons. The van der Waals surface area contributed by atoms with Crippen molar-refractivity contribution in [1.29, 1.82) is 0 Å². The molecule has 7 heteroatoms. The van der Waals surface area contributed by atoms with Gasteiger partial charge in [-0.15, -0.1) is 11.3 Å². The smallest absolute Gasteiger partial charge is 0.230 e. The molecule has 0 bridgehead atoms. The van der Waals surface area contributed by atoms with Gasteiger partial charge in [-0.25, -0.2) is 4.98 Å². The molecule has 6 nitrogen and oxygen atoms in total. The summed E-state index contributed by atoms with van der Waals surface area (Å²) in [6.07, 6.45) is 1.74. The van der Waals surface area contributed by atoms with Crippen LogP contribution < -0.4 is 5.32 Å². The number of nitrogens with one attached hydrogen (secondary N) is 1. The number of carbonyl (C=O) groups excluding carboxylic acids is 1. The Labute approximate surface area is 151 Å². The van der Waals surface area contributed by atoms with Gasteiger partial charge in [0.15, 0.2) is 0 Å². The van der Waals surface area contributed by atoms with Crippen molar-refractivity contribution in [3.8, 4) is 0 Å². The number of aromatic nitrogens is 2. The predicted molar refractivity (Wildman–Crippen MR) is 95.0 cm³/mol. The first-order chi connectivity index (χ1) is 12.2. The fraction of sp³-hybridized carbons (Fsp3) is 0.500. The van der Waals surface area contributed by atoms with Gasteiger partial charge in [0, 0.05) is 36.3 Å². The second-order valence-corrected chi connectivity index (χ2v) is 7.87. The van der Waals surface area contributed by atoms with Crippen molar-refractivity contribution < 1.29 is 9.53 Å². The molecule has 2 saturated heterocycles. The zero-order chi connectivity index (χ0) is 17.3. The van der Waals surface area contributed by atoms with Crippen molar-refractivity contribution in [3.63, 3.8) is 0 Å². The lowest BCUT2D eigenvalue weighted by Crippen LogP contribution is -2.46. The molecule has 0 unspecified atom stereocenters. The highest BCUT2D eigenvalue weighted by Gasteiger charge is 2.55. The van der Waals surface area contributed by atoms with E-state index in [0.717, 1.165) is 36.0 Å². The number of thiazole rings is 1. The fourth-order valence-electron chi connectivity index (χ4n) is 3.80. The Bertz CT molecular complexity index is 751. The van der Waals surface area contributed by atoms with E-state index in [9.17, 15) is 4.79 Å². The molecule has 1 amide bonds. The third-order valence-electron chi connectivity index (χ3n) is 5.08. The number of hydrogen-bond acceptors (Lipinski definition) is 6. The molecular weight excluding hydrogens is 336 g/mol. The molecule has 2 aliphatic rings. The second-order valence-electron chi connectivity index (χ2n) is 6.92.